The molecule has 0 aromatic carbocycles. The van der Waals surface area contributed by atoms with E-state index in [9.17, 15) is 4.79 Å². The predicted molar refractivity (Wildman–Crippen MR) is 56.3 cm³/mol. The van der Waals surface area contributed by atoms with Crippen LogP contribution >= 0.6 is 8.60 Å². The van der Waals surface area contributed by atoms with E-state index in [0.717, 1.165) is 0 Å². The van der Waals surface area contributed by atoms with Crippen molar-refractivity contribution in [1.29, 1.82) is 0 Å². The van der Waals surface area contributed by atoms with Gasteiger partial charge in [0, 0.05) is 7.11 Å². The zero-order valence-electron chi connectivity index (χ0n) is 8.71. The maximum atomic E-state index is 11.0. The van der Waals surface area contributed by atoms with Crippen molar-refractivity contribution in [2.75, 3.05) is 13.7 Å². The van der Waals surface area contributed by atoms with E-state index in [1.54, 1.807) is 6.92 Å². The monoisotopic (exact) mass is 235 g/mol. The molecule has 3 N–H and O–H groups in total. The second-order valence-corrected chi connectivity index (χ2v) is 3.61. The summed E-state index contributed by atoms with van der Waals surface area (Å²) in [5.41, 5.74) is 0. The average molecular weight is 235 g/mol. The van der Waals surface area contributed by atoms with E-state index in [1.165, 1.54) is 7.11 Å². The minimum atomic E-state index is -2.45. The van der Waals surface area contributed by atoms with Gasteiger partial charge in [0.05, 0.1) is 26.6 Å². The fraction of sp³-hybridized carbons (Fsp3) is 0.857. The third-order valence-electron chi connectivity index (χ3n) is 1.71. The van der Waals surface area contributed by atoms with Gasteiger partial charge in [0.25, 0.3) is 0 Å². The van der Waals surface area contributed by atoms with Gasteiger partial charge in [-0.15, -0.1) is 0 Å². The molecule has 0 aromatic rings. The Hall–Kier alpha value is -0.195. The maximum Gasteiger partial charge on any atom is 0.327 e. The smallest absolute Gasteiger partial charge is 0.327 e. The fourth-order valence-corrected chi connectivity index (χ4v) is 1.41. The second-order valence-electron chi connectivity index (χ2n) is 2.90. The molecular weight excluding hydrogens is 220 g/mol. The molecule has 0 spiro atoms. The number of amides is 1. The molecule has 0 aliphatic heterocycles. The molecule has 0 aliphatic carbocycles. The van der Waals surface area contributed by atoms with Crippen LogP contribution in [0.15, 0.2) is 0 Å². The number of ether oxygens (including phenoxy) is 1. The number of methoxy groups -OCH3 is 1. The summed E-state index contributed by atoms with van der Waals surface area (Å²) in [4.78, 5) is 28.3. The number of hydrogen-bond acceptors (Lipinski definition) is 5. The number of carbonyl (C=O) groups excluding carboxylic acids is 1. The molecule has 0 heterocycles. The Balaban J connectivity index is 4.17. The highest BCUT2D eigenvalue weighted by Crippen LogP contribution is 2.27. The van der Waals surface area contributed by atoms with Crippen LogP contribution in [0.3, 0.4) is 0 Å². The quantitative estimate of drug-likeness (QED) is 0.402. The molecular formula is C7H15BNO5P. The molecule has 86 valence electrons. The molecule has 2 radical (unpaired) electrons. The summed E-state index contributed by atoms with van der Waals surface area (Å²) in [6.07, 6.45) is -0.707. The van der Waals surface area contributed by atoms with Crippen molar-refractivity contribution in [1.82, 2.24) is 5.32 Å². The predicted octanol–water partition coefficient (Wildman–Crippen LogP) is -0.679. The third kappa shape index (κ3) is 6.81. The molecule has 0 rings (SSSR count). The van der Waals surface area contributed by atoms with Gasteiger partial charge in [0.2, 0.25) is 5.91 Å². The van der Waals surface area contributed by atoms with Crippen LogP contribution in [0, 0.1) is 0 Å². The Morgan fingerprint density at radius 1 is 1.60 bits per heavy atom. The molecule has 0 saturated carbocycles. The fourth-order valence-electron chi connectivity index (χ4n) is 0.962. The Morgan fingerprint density at radius 3 is 2.60 bits per heavy atom. The lowest BCUT2D eigenvalue weighted by Gasteiger charge is -2.24. The molecule has 0 aromatic heterocycles. The van der Waals surface area contributed by atoms with Gasteiger partial charge in [-0.3, -0.25) is 4.79 Å². The first-order chi connectivity index (χ1) is 7.01. The third-order valence-corrected chi connectivity index (χ3v) is 2.23. The van der Waals surface area contributed by atoms with Gasteiger partial charge in [0.15, 0.2) is 0 Å². The molecule has 0 saturated heterocycles. The summed E-state index contributed by atoms with van der Waals surface area (Å²) < 4.78 is 9.61. The SMILES string of the molecule is [B]CC(=O)NC(COC)C(C)OP(O)O. The lowest BCUT2D eigenvalue weighted by molar-refractivity contribution is -0.120. The highest BCUT2D eigenvalue weighted by Gasteiger charge is 2.21. The normalized spacial score (nSPS) is 15.0. The minimum absolute atomic E-state index is 0.139. The molecule has 1 amide bonds. The van der Waals surface area contributed by atoms with Crippen molar-refractivity contribution < 1.29 is 23.8 Å². The summed E-state index contributed by atoms with van der Waals surface area (Å²) in [5.74, 6) is -0.354. The highest BCUT2D eigenvalue weighted by molar-refractivity contribution is 7.39. The topological polar surface area (TPSA) is 88.0 Å². The van der Waals surface area contributed by atoms with Crippen LogP contribution in [-0.2, 0) is 14.1 Å². The first-order valence-electron chi connectivity index (χ1n) is 4.34. The van der Waals surface area contributed by atoms with E-state index in [-0.39, 0.29) is 18.8 Å². The van der Waals surface area contributed by atoms with E-state index in [2.05, 4.69) is 5.32 Å². The van der Waals surface area contributed by atoms with Crippen LogP contribution in [0.1, 0.15) is 6.92 Å². The summed E-state index contributed by atoms with van der Waals surface area (Å²) >= 11 is 0. The van der Waals surface area contributed by atoms with E-state index < -0.39 is 20.7 Å². The van der Waals surface area contributed by atoms with Crippen molar-refractivity contribution >= 4 is 22.4 Å². The van der Waals surface area contributed by atoms with Crippen LogP contribution in [0.5, 0.6) is 0 Å². The van der Waals surface area contributed by atoms with Crippen molar-refractivity contribution in [3.05, 3.63) is 0 Å². The Labute approximate surface area is 91.4 Å². The van der Waals surface area contributed by atoms with Gasteiger partial charge in [-0.05, 0) is 13.2 Å². The van der Waals surface area contributed by atoms with Gasteiger partial charge in [0.1, 0.15) is 0 Å². The van der Waals surface area contributed by atoms with Gasteiger partial charge >= 0.3 is 8.60 Å². The van der Waals surface area contributed by atoms with Gasteiger partial charge in [-0.2, -0.15) is 0 Å². The van der Waals surface area contributed by atoms with E-state index in [0.29, 0.717) is 0 Å². The summed E-state index contributed by atoms with van der Waals surface area (Å²) in [6.45, 7) is 1.80. The van der Waals surface area contributed by atoms with Crippen LogP contribution in [-0.4, -0.2) is 49.4 Å². The zero-order valence-corrected chi connectivity index (χ0v) is 9.61. The van der Waals surface area contributed by atoms with Crippen molar-refractivity contribution in [3.63, 3.8) is 0 Å². The first kappa shape index (κ1) is 14.8. The number of hydrogen-bond donors (Lipinski definition) is 3. The van der Waals surface area contributed by atoms with Crippen LogP contribution in [0.4, 0.5) is 0 Å². The lowest BCUT2D eigenvalue weighted by atomic mass is 10.0. The number of nitrogens with one attached hydrogen (secondary N) is 1. The Morgan fingerprint density at radius 2 is 2.20 bits per heavy atom. The first-order valence-corrected chi connectivity index (χ1v) is 5.50. The van der Waals surface area contributed by atoms with Crippen molar-refractivity contribution in [3.8, 4) is 0 Å². The maximum absolute atomic E-state index is 11.0. The lowest BCUT2D eigenvalue weighted by Crippen LogP contribution is -2.45. The highest BCUT2D eigenvalue weighted by atomic mass is 31.2. The summed E-state index contributed by atoms with van der Waals surface area (Å²) in [5, 5.41) is 2.55. The molecule has 2 atom stereocenters. The van der Waals surface area contributed by atoms with Gasteiger partial charge < -0.3 is 24.4 Å². The molecule has 2 unspecified atom stereocenters. The van der Waals surface area contributed by atoms with Crippen molar-refractivity contribution in [2.24, 2.45) is 0 Å². The van der Waals surface area contributed by atoms with Crippen LogP contribution in [0.2, 0.25) is 6.32 Å². The summed E-state index contributed by atoms with van der Waals surface area (Å²) in [6, 6.07) is -0.463. The van der Waals surface area contributed by atoms with Gasteiger partial charge in [-0.1, -0.05) is 0 Å². The van der Waals surface area contributed by atoms with E-state index in [4.69, 9.17) is 26.9 Å². The summed E-state index contributed by atoms with van der Waals surface area (Å²) in [7, 11) is 4.15. The van der Waals surface area contributed by atoms with E-state index in [1.807, 2.05) is 0 Å². The Kier molecular flexibility index (Phi) is 7.91. The second kappa shape index (κ2) is 8.02. The molecule has 0 aliphatic rings. The largest absolute Gasteiger partial charge is 0.382 e. The van der Waals surface area contributed by atoms with E-state index >= 15 is 0 Å². The van der Waals surface area contributed by atoms with Crippen LogP contribution < -0.4 is 5.32 Å². The minimum Gasteiger partial charge on any atom is -0.382 e. The Bertz CT molecular complexity index is 194. The molecule has 0 bridgehead atoms. The number of rotatable bonds is 7. The van der Waals surface area contributed by atoms with Gasteiger partial charge in [-0.25, -0.2) is 0 Å². The molecule has 8 heteroatoms. The van der Waals surface area contributed by atoms with Crippen LogP contribution in [0.25, 0.3) is 0 Å². The standard InChI is InChI=1S/C7H15BNO5P/c1-5(14-15(11)12)6(4-13-2)9-7(10)3-8/h5-6,11-12H,3-4H2,1-2H3,(H,9,10). The zero-order chi connectivity index (χ0) is 11.8. The molecule has 0 fully saturated rings. The number of carbonyl (C=O) groups is 1. The van der Waals surface area contributed by atoms with Crippen molar-refractivity contribution in [2.45, 2.75) is 25.4 Å². The molecule has 15 heavy (non-hydrogen) atoms. The average Bonchev–Trinajstić information content (AvgIpc) is 2.15. The molecule has 6 nitrogen and oxygen atoms in total.